The molecule has 5 aliphatic rings. The highest BCUT2D eigenvalue weighted by Crippen LogP contribution is 2.50. The Morgan fingerprint density at radius 3 is 2.57 bits per heavy atom. The molecule has 1 spiro atoms. The first-order valence-corrected chi connectivity index (χ1v) is 20.8. The largest absolute Gasteiger partial charge is 0.497 e. The van der Waals surface area contributed by atoms with Crippen molar-refractivity contribution in [2.75, 3.05) is 13.7 Å². The van der Waals surface area contributed by atoms with Crippen molar-refractivity contribution in [3.05, 3.63) is 42.1 Å². The van der Waals surface area contributed by atoms with E-state index in [9.17, 15) is 27.6 Å². The van der Waals surface area contributed by atoms with E-state index in [1.807, 2.05) is 51.1 Å². The van der Waals surface area contributed by atoms with Gasteiger partial charge >= 0.3 is 0 Å². The number of aromatic nitrogens is 1. The number of hydrogen-bond donors (Lipinski definition) is 3. The number of nitrogens with one attached hydrogen (secondary N) is 3. The molecule has 5 unspecified atom stereocenters. The van der Waals surface area contributed by atoms with Crippen LogP contribution < -0.4 is 24.8 Å². The van der Waals surface area contributed by atoms with Crippen LogP contribution in [0.2, 0.25) is 0 Å². The van der Waals surface area contributed by atoms with Gasteiger partial charge in [0.25, 0.3) is 5.91 Å². The molecular formula is C40H53N5O8S. The van der Waals surface area contributed by atoms with Gasteiger partial charge in [0.2, 0.25) is 27.7 Å². The third-order valence-electron chi connectivity index (χ3n) is 11.9. The van der Waals surface area contributed by atoms with E-state index in [1.54, 1.807) is 25.1 Å². The van der Waals surface area contributed by atoms with Gasteiger partial charge < -0.3 is 25.0 Å². The second kappa shape index (κ2) is 13.8. The summed E-state index contributed by atoms with van der Waals surface area (Å²) >= 11 is 0. The fourth-order valence-electron chi connectivity index (χ4n) is 8.37. The Balaban J connectivity index is 1.23. The molecule has 3 fully saturated rings. The summed E-state index contributed by atoms with van der Waals surface area (Å²) < 4.78 is 39.9. The molecular weight excluding hydrogens is 711 g/mol. The molecule has 13 nitrogen and oxygen atoms in total. The van der Waals surface area contributed by atoms with Gasteiger partial charge in [0.15, 0.2) is 0 Å². The lowest BCUT2D eigenvalue weighted by atomic mass is 9.83. The van der Waals surface area contributed by atoms with E-state index in [-0.39, 0.29) is 55.9 Å². The molecule has 2 aromatic rings. The van der Waals surface area contributed by atoms with E-state index in [0.29, 0.717) is 36.3 Å². The number of benzene rings is 1. The number of amides is 4. The molecule has 2 aliphatic carbocycles. The van der Waals surface area contributed by atoms with Crippen LogP contribution in [0, 0.1) is 11.3 Å². The monoisotopic (exact) mass is 763 g/mol. The Labute approximate surface area is 317 Å². The summed E-state index contributed by atoms with van der Waals surface area (Å²) in [6.45, 7) is 7.69. The lowest BCUT2D eigenvalue weighted by molar-refractivity contribution is -0.140. The van der Waals surface area contributed by atoms with Crippen LogP contribution in [0.5, 0.6) is 11.5 Å². The number of allylic oxidation sites excluding steroid dienone is 1. The first-order chi connectivity index (χ1) is 25.5. The van der Waals surface area contributed by atoms with Gasteiger partial charge in [0, 0.05) is 48.6 Å². The maximum atomic E-state index is 14.5. The molecule has 14 heteroatoms. The average Bonchev–Trinajstić information content (AvgIpc) is 3.99. The number of hydrogen-bond acceptors (Lipinski definition) is 9. The number of carbonyl (C=O) groups is 4. The molecule has 7 rings (SSSR count). The van der Waals surface area contributed by atoms with Crippen molar-refractivity contribution in [1.29, 1.82) is 0 Å². The SMILES string of the molecule is COc1ccc2c3c(cnc2c1)OC1(CC3NC(=O)CC(C)(C)C)CC2C(=O)NC3(C(=O)NS(=O)(=O)C4(C)CC4)CC3/C=C\CCCCCCC(=O)N2C1. The Bertz CT molecular complexity index is 2010. The minimum atomic E-state index is -3.96. The third-order valence-corrected chi connectivity index (χ3v) is 14.0. The molecule has 0 bridgehead atoms. The second-order valence-corrected chi connectivity index (χ2v) is 19.7. The van der Waals surface area contributed by atoms with Crippen LogP contribution in [0.3, 0.4) is 0 Å². The fraction of sp³-hybridized carbons (Fsp3) is 0.625. The zero-order valence-corrected chi connectivity index (χ0v) is 32.8. The van der Waals surface area contributed by atoms with E-state index >= 15 is 0 Å². The Morgan fingerprint density at radius 2 is 1.85 bits per heavy atom. The molecule has 5 atom stereocenters. The van der Waals surface area contributed by atoms with Crippen molar-refractivity contribution >= 4 is 44.6 Å². The van der Waals surface area contributed by atoms with Crippen LogP contribution in [-0.4, -0.2) is 77.5 Å². The molecule has 2 saturated carbocycles. The molecule has 1 aromatic carbocycles. The summed E-state index contributed by atoms with van der Waals surface area (Å²) in [7, 11) is -2.38. The molecule has 1 aromatic heterocycles. The second-order valence-electron chi connectivity index (χ2n) is 17.5. The maximum Gasteiger partial charge on any atom is 0.259 e. The molecule has 4 heterocycles. The van der Waals surface area contributed by atoms with Gasteiger partial charge in [-0.25, -0.2) is 8.42 Å². The van der Waals surface area contributed by atoms with Crippen molar-refractivity contribution in [2.45, 2.75) is 133 Å². The lowest BCUT2D eigenvalue weighted by Crippen LogP contribution is -2.57. The van der Waals surface area contributed by atoms with Gasteiger partial charge in [-0.1, -0.05) is 45.8 Å². The van der Waals surface area contributed by atoms with Gasteiger partial charge in [-0.15, -0.1) is 0 Å². The zero-order valence-electron chi connectivity index (χ0n) is 32.0. The first kappa shape index (κ1) is 38.1. The number of pyridine rings is 1. The Morgan fingerprint density at radius 1 is 1.09 bits per heavy atom. The normalized spacial score (nSPS) is 30.0. The van der Waals surface area contributed by atoms with Crippen molar-refractivity contribution in [2.24, 2.45) is 11.3 Å². The number of methoxy groups -OCH3 is 1. The fourth-order valence-corrected chi connectivity index (χ4v) is 9.68. The van der Waals surface area contributed by atoms with Gasteiger partial charge in [0.1, 0.15) is 28.7 Å². The van der Waals surface area contributed by atoms with E-state index in [2.05, 4.69) is 20.3 Å². The molecule has 292 valence electrons. The summed E-state index contributed by atoms with van der Waals surface area (Å²) in [5.41, 5.74) is -1.36. The van der Waals surface area contributed by atoms with E-state index in [0.717, 1.165) is 36.6 Å². The van der Waals surface area contributed by atoms with Crippen LogP contribution in [0.15, 0.2) is 36.5 Å². The number of fused-ring (bicyclic) bond motifs is 5. The van der Waals surface area contributed by atoms with E-state index in [1.165, 1.54) is 0 Å². The number of rotatable bonds is 6. The number of nitrogens with zero attached hydrogens (tertiary/aromatic N) is 2. The summed E-state index contributed by atoms with van der Waals surface area (Å²) in [5, 5.41) is 7.01. The highest BCUT2D eigenvalue weighted by atomic mass is 32.2. The summed E-state index contributed by atoms with van der Waals surface area (Å²) in [6.07, 6.45) is 11.8. The molecule has 3 aliphatic heterocycles. The van der Waals surface area contributed by atoms with Crippen molar-refractivity contribution in [1.82, 2.24) is 25.2 Å². The predicted molar refractivity (Wildman–Crippen MR) is 202 cm³/mol. The van der Waals surface area contributed by atoms with Gasteiger partial charge in [-0.05, 0) is 63.0 Å². The molecule has 54 heavy (non-hydrogen) atoms. The summed E-state index contributed by atoms with van der Waals surface area (Å²) in [4.78, 5) is 62.2. The molecule has 3 N–H and O–H groups in total. The highest BCUT2D eigenvalue weighted by molar-refractivity contribution is 7.91. The number of sulfonamides is 1. The topological polar surface area (TPSA) is 173 Å². The van der Waals surface area contributed by atoms with Crippen molar-refractivity contribution in [3.63, 3.8) is 0 Å². The van der Waals surface area contributed by atoms with E-state index < -0.39 is 55.7 Å². The van der Waals surface area contributed by atoms with Crippen LogP contribution in [0.25, 0.3) is 10.9 Å². The average molecular weight is 764 g/mol. The lowest BCUT2D eigenvalue weighted by Gasteiger charge is -2.40. The minimum absolute atomic E-state index is 0.0882. The molecule has 4 amide bonds. The van der Waals surface area contributed by atoms with Gasteiger partial charge in [-0.2, -0.15) is 0 Å². The van der Waals surface area contributed by atoms with Crippen molar-refractivity contribution < 1.29 is 37.1 Å². The smallest absolute Gasteiger partial charge is 0.259 e. The number of carbonyl (C=O) groups excluding carboxylic acids is 4. The molecule has 0 radical (unpaired) electrons. The highest BCUT2D eigenvalue weighted by Gasteiger charge is 2.64. The van der Waals surface area contributed by atoms with Crippen LogP contribution >= 0.6 is 0 Å². The number of ether oxygens (including phenoxy) is 2. The zero-order chi connectivity index (χ0) is 38.7. The first-order valence-electron chi connectivity index (χ1n) is 19.3. The Kier molecular flexibility index (Phi) is 9.75. The minimum Gasteiger partial charge on any atom is -0.497 e. The van der Waals surface area contributed by atoms with Crippen molar-refractivity contribution in [3.8, 4) is 11.5 Å². The molecule has 1 saturated heterocycles. The maximum absolute atomic E-state index is 14.5. The van der Waals surface area contributed by atoms with E-state index in [4.69, 9.17) is 9.47 Å². The summed E-state index contributed by atoms with van der Waals surface area (Å²) in [6, 6.07) is 4.03. The standard InChI is InChI=1S/C40H53N5O8S/c1-37(2,3)22-32(46)42-29-20-39(53-31-23-41-28-18-26(52-5)14-15-27(28)34(29)31)21-30-35(48)43-40(36(49)44-54(50,51)38(4)16-17-38)19-25(40)12-10-8-6-7-9-11-13-33(47)45(30)24-39/h10,12,14-15,18,23,25,29-30H,6-9,11,13,16-17,19-22,24H2,1-5H3,(H,42,46)(H,43,48)(H,44,49)/b12-10-. The quantitative estimate of drug-likeness (QED) is 0.352. The van der Waals surface area contributed by atoms with Crippen LogP contribution in [0.4, 0.5) is 0 Å². The van der Waals surface area contributed by atoms with Crippen LogP contribution in [-0.2, 0) is 29.2 Å². The Hall–Kier alpha value is -4.20. The van der Waals surface area contributed by atoms with Gasteiger partial charge in [0.05, 0.1) is 36.2 Å². The van der Waals surface area contributed by atoms with Crippen LogP contribution in [0.1, 0.15) is 116 Å². The van der Waals surface area contributed by atoms with Gasteiger partial charge in [-0.3, -0.25) is 28.9 Å². The third kappa shape index (κ3) is 7.42. The summed E-state index contributed by atoms with van der Waals surface area (Å²) in [5.74, 6) is -0.923. The predicted octanol–water partition coefficient (Wildman–Crippen LogP) is 4.74.